The highest BCUT2D eigenvalue weighted by molar-refractivity contribution is 5.78. The van der Waals surface area contributed by atoms with E-state index in [1.807, 2.05) is 31.2 Å². The molecular weight excluding hydrogens is 238 g/mol. The minimum absolute atomic E-state index is 0.103. The van der Waals surface area contributed by atoms with Gasteiger partial charge in [-0.25, -0.2) is 0 Å². The molecule has 2 rings (SSSR count). The van der Waals surface area contributed by atoms with Crippen molar-refractivity contribution in [3.63, 3.8) is 0 Å². The molecular formula is C16H23NO2. The van der Waals surface area contributed by atoms with Gasteiger partial charge in [-0.2, -0.15) is 0 Å². The van der Waals surface area contributed by atoms with Crippen molar-refractivity contribution in [2.45, 2.75) is 45.1 Å². The molecule has 0 aromatic heterocycles. The maximum atomic E-state index is 12.0. The quantitative estimate of drug-likeness (QED) is 0.875. The second-order valence-corrected chi connectivity index (χ2v) is 5.51. The predicted molar refractivity (Wildman–Crippen MR) is 75.7 cm³/mol. The molecule has 1 amide bonds. The Kier molecular flexibility index (Phi) is 4.97. The zero-order valence-corrected chi connectivity index (χ0v) is 11.6. The van der Waals surface area contributed by atoms with Crippen molar-refractivity contribution in [2.75, 3.05) is 6.54 Å². The van der Waals surface area contributed by atoms with E-state index in [0.717, 1.165) is 31.2 Å². The normalized spacial score (nSPS) is 18.0. The average Bonchev–Trinajstić information content (AvgIpc) is 2.46. The van der Waals surface area contributed by atoms with E-state index in [0.29, 0.717) is 6.54 Å². The molecule has 1 aliphatic carbocycles. The fourth-order valence-corrected chi connectivity index (χ4v) is 2.61. The van der Waals surface area contributed by atoms with Gasteiger partial charge in [0.25, 0.3) is 0 Å². The van der Waals surface area contributed by atoms with Gasteiger partial charge in [-0.15, -0.1) is 0 Å². The minimum atomic E-state index is -0.617. The van der Waals surface area contributed by atoms with Crippen molar-refractivity contribution in [1.29, 1.82) is 0 Å². The number of aliphatic hydroxyl groups is 1. The maximum Gasteiger partial charge on any atom is 0.223 e. The molecule has 0 bridgehead atoms. The summed E-state index contributed by atoms with van der Waals surface area (Å²) in [4.78, 5) is 12.0. The number of rotatable bonds is 4. The molecule has 1 aromatic rings. The summed E-state index contributed by atoms with van der Waals surface area (Å²) in [6, 6.07) is 7.77. The molecule has 1 fully saturated rings. The van der Waals surface area contributed by atoms with E-state index < -0.39 is 6.10 Å². The number of benzene rings is 1. The third kappa shape index (κ3) is 4.06. The summed E-state index contributed by atoms with van der Waals surface area (Å²) in [7, 11) is 0. The smallest absolute Gasteiger partial charge is 0.223 e. The number of hydrogen-bond acceptors (Lipinski definition) is 2. The predicted octanol–water partition coefficient (Wildman–Crippen LogP) is 2.72. The second kappa shape index (κ2) is 6.71. The lowest BCUT2D eigenvalue weighted by Crippen LogP contribution is -2.34. The van der Waals surface area contributed by atoms with Crippen molar-refractivity contribution in [1.82, 2.24) is 5.32 Å². The van der Waals surface area contributed by atoms with Gasteiger partial charge < -0.3 is 10.4 Å². The molecule has 0 radical (unpaired) electrons. The molecule has 2 N–H and O–H groups in total. The van der Waals surface area contributed by atoms with Gasteiger partial charge in [0.2, 0.25) is 5.91 Å². The molecule has 0 spiro atoms. The van der Waals surface area contributed by atoms with Crippen LogP contribution in [0.25, 0.3) is 0 Å². The van der Waals surface area contributed by atoms with Crippen LogP contribution in [0.3, 0.4) is 0 Å². The van der Waals surface area contributed by atoms with Crippen LogP contribution >= 0.6 is 0 Å². The van der Waals surface area contributed by atoms with Gasteiger partial charge in [0.15, 0.2) is 0 Å². The summed E-state index contributed by atoms with van der Waals surface area (Å²) in [6.45, 7) is 2.32. The first-order chi connectivity index (χ1) is 9.16. The van der Waals surface area contributed by atoms with Gasteiger partial charge in [0.1, 0.15) is 0 Å². The van der Waals surface area contributed by atoms with Crippen molar-refractivity contribution in [3.8, 4) is 0 Å². The first-order valence-electron chi connectivity index (χ1n) is 7.19. The van der Waals surface area contributed by atoms with E-state index in [1.54, 1.807) is 0 Å². The van der Waals surface area contributed by atoms with E-state index in [9.17, 15) is 9.90 Å². The van der Waals surface area contributed by atoms with E-state index in [2.05, 4.69) is 5.32 Å². The van der Waals surface area contributed by atoms with Gasteiger partial charge in [-0.3, -0.25) is 4.79 Å². The lowest BCUT2D eigenvalue weighted by molar-refractivity contribution is -0.126. The summed E-state index contributed by atoms with van der Waals surface area (Å²) in [5.74, 6) is 0.254. The van der Waals surface area contributed by atoms with Gasteiger partial charge in [0.05, 0.1) is 6.10 Å². The number of hydrogen-bond donors (Lipinski definition) is 2. The van der Waals surface area contributed by atoms with Crippen molar-refractivity contribution in [3.05, 3.63) is 35.4 Å². The van der Waals surface area contributed by atoms with Crippen LogP contribution in [0.15, 0.2) is 24.3 Å². The zero-order valence-electron chi connectivity index (χ0n) is 11.6. The third-order valence-electron chi connectivity index (χ3n) is 3.91. The molecule has 1 atom stereocenters. The molecule has 19 heavy (non-hydrogen) atoms. The van der Waals surface area contributed by atoms with Crippen LogP contribution in [0.1, 0.15) is 49.3 Å². The van der Waals surface area contributed by atoms with Crippen LogP contribution in [0.2, 0.25) is 0 Å². The Bertz CT molecular complexity index is 407. The van der Waals surface area contributed by atoms with Crippen LogP contribution < -0.4 is 5.32 Å². The second-order valence-electron chi connectivity index (χ2n) is 5.51. The van der Waals surface area contributed by atoms with Crippen LogP contribution in [-0.2, 0) is 4.79 Å². The Labute approximate surface area is 115 Å². The Balaban J connectivity index is 1.80. The molecule has 0 aliphatic heterocycles. The average molecular weight is 261 g/mol. The molecule has 0 heterocycles. The first-order valence-corrected chi connectivity index (χ1v) is 7.19. The van der Waals surface area contributed by atoms with Crippen LogP contribution in [0.4, 0.5) is 0 Å². The number of aliphatic hydroxyl groups excluding tert-OH is 1. The van der Waals surface area contributed by atoms with Gasteiger partial charge in [-0.1, -0.05) is 49.1 Å². The van der Waals surface area contributed by atoms with Crippen LogP contribution in [-0.4, -0.2) is 17.6 Å². The summed E-state index contributed by atoms with van der Waals surface area (Å²) in [6.07, 6.45) is 4.92. The lowest BCUT2D eigenvalue weighted by atomic mass is 9.88. The Morgan fingerprint density at radius 2 is 1.89 bits per heavy atom. The largest absolute Gasteiger partial charge is 0.387 e. The number of carbonyl (C=O) groups is 1. The zero-order chi connectivity index (χ0) is 13.7. The molecule has 1 unspecified atom stereocenters. The van der Waals surface area contributed by atoms with Crippen LogP contribution in [0, 0.1) is 12.8 Å². The number of amides is 1. The van der Waals surface area contributed by atoms with Gasteiger partial charge in [0, 0.05) is 12.5 Å². The molecule has 1 saturated carbocycles. The summed E-state index contributed by atoms with van der Waals surface area (Å²) in [5, 5.41) is 12.9. The van der Waals surface area contributed by atoms with E-state index in [1.165, 1.54) is 12.0 Å². The van der Waals surface area contributed by atoms with Gasteiger partial charge in [-0.05, 0) is 25.3 Å². The molecule has 0 saturated heterocycles. The molecule has 1 aliphatic rings. The number of carbonyl (C=O) groups excluding carboxylic acids is 1. The highest BCUT2D eigenvalue weighted by atomic mass is 16.3. The standard InChI is InChI=1S/C16H23NO2/c1-12-7-9-13(10-8-12)15(18)11-17-16(19)14-5-3-2-4-6-14/h7-10,14-15,18H,2-6,11H2,1H3,(H,17,19). The summed E-state index contributed by atoms with van der Waals surface area (Å²) >= 11 is 0. The lowest BCUT2D eigenvalue weighted by Gasteiger charge is -2.21. The number of nitrogens with one attached hydrogen (secondary N) is 1. The van der Waals surface area contributed by atoms with E-state index in [-0.39, 0.29) is 11.8 Å². The van der Waals surface area contributed by atoms with Crippen molar-refractivity contribution >= 4 is 5.91 Å². The first kappa shape index (κ1) is 14.1. The molecule has 3 heteroatoms. The third-order valence-corrected chi connectivity index (χ3v) is 3.91. The highest BCUT2D eigenvalue weighted by Crippen LogP contribution is 2.23. The van der Waals surface area contributed by atoms with Crippen molar-refractivity contribution < 1.29 is 9.90 Å². The topological polar surface area (TPSA) is 49.3 Å². The summed E-state index contributed by atoms with van der Waals surface area (Å²) in [5.41, 5.74) is 2.02. The van der Waals surface area contributed by atoms with Gasteiger partial charge >= 0.3 is 0 Å². The Morgan fingerprint density at radius 3 is 2.53 bits per heavy atom. The minimum Gasteiger partial charge on any atom is -0.387 e. The van der Waals surface area contributed by atoms with Crippen LogP contribution in [0.5, 0.6) is 0 Å². The number of aryl methyl sites for hydroxylation is 1. The fourth-order valence-electron chi connectivity index (χ4n) is 2.61. The molecule has 3 nitrogen and oxygen atoms in total. The van der Waals surface area contributed by atoms with Crippen molar-refractivity contribution in [2.24, 2.45) is 5.92 Å². The highest BCUT2D eigenvalue weighted by Gasteiger charge is 2.21. The molecule has 104 valence electrons. The monoisotopic (exact) mass is 261 g/mol. The molecule has 1 aromatic carbocycles. The SMILES string of the molecule is Cc1ccc(C(O)CNC(=O)C2CCCCC2)cc1. The van der Waals surface area contributed by atoms with E-state index in [4.69, 9.17) is 0 Å². The maximum absolute atomic E-state index is 12.0. The summed E-state index contributed by atoms with van der Waals surface area (Å²) < 4.78 is 0. The fraction of sp³-hybridized carbons (Fsp3) is 0.562. The Morgan fingerprint density at radius 1 is 1.26 bits per heavy atom. The van der Waals surface area contributed by atoms with E-state index >= 15 is 0 Å². The Hall–Kier alpha value is -1.35.